The summed E-state index contributed by atoms with van der Waals surface area (Å²) in [6, 6.07) is 4.85. The summed E-state index contributed by atoms with van der Waals surface area (Å²) in [5, 5.41) is 0. The first-order valence-electron chi connectivity index (χ1n) is 5.26. The van der Waals surface area contributed by atoms with Crippen molar-refractivity contribution in [3.8, 4) is 0 Å². The Hall–Kier alpha value is -0.930. The molecule has 0 fully saturated rings. The summed E-state index contributed by atoms with van der Waals surface area (Å²) in [6.07, 6.45) is 0.904. The van der Waals surface area contributed by atoms with Crippen LogP contribution < -0.4 is 11.3 Å². The van der Waals surface area contributed by atoms with Crippen LogP contribution in [0.5, 0.6) is 0 Å². The van der Waals surface area contributed by atoms with Gasteiger partial charge in [-0.05, 0) is 42.5 Å². The van der Waals surface area contributed by atoms with Gasteiger partial charge in [0.15, 0.2) is 0 Å². The Labute approximate surface area is 90.6 Å². The molecule has 15 heavy (non-hydrogen) atoms. The highest BCUT2D eigenvalue weighted by atomic mass is 19.1. The number of hydrogen-bond acceptors (Lipinski definition) is 2. The van der Waals surface area contributed by atoms with E-state index in [1.54, 1.807) is 12.1 Å². The van der Waals surface area contributed by atoms with Crippen LogP contribution in [0.2, 0.25) is 0 Å². The van der Waals surface area contributed by atoms with Crippen LogP contribution in [0.25, 0.3) is 0 Å². The quantitative estimate of drug-likeness (QED) is 0.592. The van der Waals surface area contributed by atoms with E-state index in [1.165, 1.54) is 6.07 Å². The van der Waals surface area contributed by atoms with Crippen molar-refractivity contribution in [3.05, 3.63) is 35.1 Å². The summed E-state index contributed by atoms with van der Waals surface area (Å²) >= 11 is 0. The van der Waals surface area contributed by atoms with Crippen LogP contribution in [-0.2, 0) is 0 Å². The molecule has 1 aromatic rings. The Morgan fingerprint density at radius 3 is 2.60 bits per heavy atom. The summed E-state index contributed by atoms with van der Waals surface area (Å²) < 4.78 is 13.1. The number of nitrogens with two attached hydrogens (primary N) is 1. The highest BCUT2D eigenvalue weighted by Crippen LogP contribution is 2.24. The maximum atomic E-state index is 13.1. The minimum Gasteiger partial charge on any atom is -0.271 e. The van der Waals surface area contributed by atoms with Crippen molar-refractivity contribution in [1.29, 1.82) is 0 Å². The van der Waals surface area contributed by atoms with Crippen LogP contribution in [0.3, 0.4) is 0 Å². The fraction of sp³-hybridized carbons (Fsp3) is 0.500. The smallest absolute Gasteiger partial charge is 0.123 e. The van der Waals surface area contributed by atoms with Gasteiger partial charge < -0.3 is 0 Å². The summed E-state index contributed by atoms with van der Waals surface area (Å²) in [7, 11) is 0. The predicted molar refractivity (Wildman–Crippen MR) is 60.7 cm³/mol. The maximum absolute atomic E-state index is 13.1. The van der Waals surface area contributed by atoms with E-state index in [1.807, 2.05) is 6.92 Å². The summed E-state index contributed by atoms with van der Waals surface area (Å²) in [4.78, 5) is 0. The fourth-order valence-electron chi connectivity index (χ4n) is 1.74. The molecule has 0 aliphatic carbocycles. The van der Waals surface area contributed by atoms with Crippen LogP contribution in [0.15, 0.2) is 18.2 Å². The van der Waals surface area contributed by atoms with Gasteiger partial charge in [0.05, 0.1) is 0 Å². The number of benzene rings is 1. The molecule has 1 atom stereocenters. The number of hydrazine groups is 1. The van der Waals surface area contributed by atoms with Crippen molar-refractivity contribution in [2.45, 2.75) is 33.2 Å². The van der Waals surface area contributed by atoms with Gasteiger partial charge in [-0.25, -0.2) is 4.39 Å². The van der Waals surface area contributed by atoms with Gasteiger partial charge in [-0.2, -0.15) is 0 Å². The number of nitrogens with one attached hydrogen (secondary N) is 1. The number of aryl methyl sites for hydroxylation is 1. The van der Waals surface area contributed by atoms with Gasteiger partial charge >= 0.3 is 0 Å². The lowest BCUT2D eigenvalue weighted by atomic mass is 9.94. The Morgan fingerprint density at radius 2 is 2.07 bits per heavy atom. The third kappa shape index (κ3) is 3.29. The van der Waals surface area contributed by atoms with E-state index < -0.39 is 0 Å². The van der Waals surface area contributed by atoms with Crippen LogP contribution in [-0.4, -0.2) is 0 Å². The molecule has 0 aliphatic heterocycles. The summed E-state index contributed by atoms with van der Waals surface area (Å²) in [6.45, 7) is 6.22. The van der Waals surface area contributed by atoms with Crippen molar-refractivity contribution in [3.63, 3.8) is 0 Å². The van der Waals surface area contributed by atoms with Crippen LogP contribution in [0, 0.1) is 18.7 Å². The lowest BCUT2D eigenvalue weighted by Gasteiger charge is -2.20. The molecule has 0 bridgehead atoms. The monoisotopic (exact) mass is 210 g/mol. The molecular formula is C12H19FN2. The Kier molecular flexibility index (Phi) is 4.24. The number of hydrogen-bond donors (Lipinski definition) is 2. The lowest BCUT2D eigenvalue weighted by Crippen LogP contribution is -2.29. The van der Waals surface area contributed by atoms with Gasteiger partial charge in [-0.3, -0.25) is 11.3 Å². The van der Waals surface area contributed by atoms with Gasteiger partial charge in [0.1, 0.15) is 5.82 Å². The standard InChI is InChI=1S/C12H19FN2/c1-8(2)6-12(15-14)11-7-10(13)5-4-9(11)3/h4-5,7-8,12,15H,6,14H2,1-3H3. The van der Waals surface area contributed by atoms with E-state index in [-0.39, 0.29) is 11.9 Å². The Morgan fingerprint density at radius 1 is 1.40 bits per heavy atom. The molecule has 0 saturated carbocycles. The minimum absolute atomic E-state index is 0.0284. The molecule has 1 unspecified atom stereocenters. The van der Waals surface area contributed by atoms with E-state index in [0.29, 0.717) is 5.92 Å². The van der Waals surface area contributed by atoms with Gasteiger partial charge in [0.2, 0.25) is 0 Å². The summed E-state index contributed by atoms with van der Waals surface area (Å²) in [5.41, 5.74) is 4.77. The molecule has 0 aliphatic rings. The van der Waals surface area contributed by atoms with E-state index in [2.05, 4.69) is 19.3 Å². The van der Waals surface area contributed by atoms with Crippen LogP contribution in [0.1, 0.15) is 37.4 Å². The van der Waals surface area contributed by atoms with Gasteiger partial charge in [-0.1, -0.05) is 19.9 Å². The zero-order valence-corrected chi connectivity index (χ0v) is 9.55. The van der Waals surface area contributed by atoms with Crippen molar-refractivity contribution >= 4 is 0 Å². The lowest BCUT2D eigenvalue weighted by molar-refractivity contribution is 0.435. The summed E-state index contributed by atoms with van der Waals surface area (Å²) in [5.74, 6) is 5.81. The number of halogens is 1. The predicted octanol–water partition coefficient (Wildman–Crippen LogP) is 2.68. The Bertz CT molecular complexity index is 323. The second kappa shape index (κ2) is 5.24. The molecule has 0 saturated heterocycles. The fourth-order valence-corrected chi connectivity index (χ4v) is 1.74. The molecule has 0 spiro atoms. The molecule has 84 valence electrons. The van der Waals surface area contributed by atoms with Crippen molar-refractivity contribution in [2.75, 3.05) is 0 Å². The first-order chi connectivity index (χ1) is 7.04. The zero-order valence-electron chi connectivity index (χ0n) is 9.55. The van der Waals surface area contributed by atoms with Gasteiger partial charge in [-0.15, -0.1) is 0 Å². The minimum atomic E-state index is -0.209. The second-order valence-corrected chi connectivity index (χ2v) is 4.35. The molecule has 0 amide bonds. The van der Waals surface area contributed by atoms with Gasteiger partial charge in [0.25, 0.3) is 0 Å². The zero-order chi connectivity index (χ0) is 11.4. The normalized spacial score (nSPS) is 13.2. The second-order valence-electron chi connectivity index (χ2n) is 4.35. The molecule has 1 rings (SSSR count). The largest absolute Gasteiger partial charge is 0.271 e. The van der Waals surface area contributed by atoms with Crippen molar-refractivity contribution in [1.82, 2.24) is 5.43 Å². The Balaban J connectivity index is 2.95. The molecule has 0 heterocycles. The molecule has 1 aromatic carbocycles. The third-order valence-electron chi connectivity index (χ3n) is 2.52. The van der Waals surface area contributed by atoms with E-state index in [0.717, 1.165) is 17.5 Å². The van der Waals surface area contributed by atoms with Gasteiger partial charge in [0, 0.05) is 6.04 Å². The molecule has 2 nitrogen and oxygen atoms in total. The SMILES string of the molecule is Cc1ccc(F)cc1C(CC(C)C)NN. The van der Waals surface area contributed by atoms with E-state index in [4.69, 9.17) is 5.84 Å². The van der Waals surface area contributed by atoms with Crippen LogP contribution in [0.4, 0.5) is 4.39 Å². The maximum Gasteiger partial charge on any atom is 0.123 e. The average Bonchev–Trinajstić information content (AvgIpc) is 2.18. The molecule has 0 radical (unpaired) electrons. The molecular weight excluding hydrogens is 191 g/mol. The first-order valence-corrected chi connectivity index (χ1v) is 5.26. The highest BCUT2D eigenvalue weighted by molar-refractivity contribution is 5.29. The molecule has 3 N–H and O–H groups in total. The van der Waals surface area contributed by atoms with Crippen molar-refractivity contribution < 1.29 is 4.39 Å². The highest BCUT2D eigenvalue weighted by Gasteiger charge is 2.14. The number of rotatable bonds is 4. The molecule has 3 heteroatoms. The molecule has 0 aromatic heterocycles. The van der Waals surface area contributed by atoms with Crippen molar-refractivity contribution in [2.24, 2.45) is 11.8 Å². The third-order valence-corrected chi connectivity index (χ3v) is 2.52. The average molecular weight is 210 g/mol. The van der Waals surface area contributed by atoms with Crippen LogP contribution >= 0.6 is 0 Å². The first kappa shape index (κ1) is 12.1. The van der Waals surface area contributed by atoms with E-state index in [9.17, 15) is 4.39 Å². The topological polar surface area (TPSA) is 38.0 Å². The van der Waals surface area contributed by atoms with E-state index >= 15 is 0 Å².